The Balaban J connectivity index is 2.07. The summed E-state index contributed by atoms with van der Waals surface area (Å²) in [4.78, 5) is 22.5. The van der Waals surface area contributed by atoms with Crippen molar-refractivity contribution >= 4 is 23.4 Å². The number of methoxy groups -OCH3 is 1. The maximum absolute atomic E-state index is 12.1. The van der Waals surface area contributed by atoms with Gasteiger partial charge in [-0.3, -0.25) is 14.9 Å². The third-order valence-corrected chi connectivity index (χ3v) is 4.64. The molecule has 1 aromatic carbocycles. The lowest BCUT2D eigenvalue weighted by atomic mass is 10.0. The number of rotatable bonds is 5. The Morgan fingerprint density at radius 3 is 2.90 bits per heavy atom. The molecule has 6 nitrogen and oxygen atoms in total. The van der Waals surface area contributed by atoms with Gasteiger partial charge in [0.2, 0.25) is 0 Å². The van der Waals surface area contributed by atoms with Gasteiger partial charge in [-0.2, -0.15) is 11.8 Å². The van der Waals surface area contributed by atoms with Gasteiger partial charge in [0.25, 0.3) is 11.6 Å². The Labute approximate surface area is 121 Å². The molecule has 0 radical (unpaired) electrons. The molecule has 0 saturated carbocycles. The molecule has 0 spiro atoms. The largest absolute Gasteiger partial charge is 0.376 e. The highest BCUT2D eigenvalue weighted by Crippen LogP contribution is 2.30. The van der Waals surface area contributed by atoms with Gasteiger partial charge in [-0.05, 0) is 18.2 Å². The van der Waals surface area contributed by atoms with E-state index >= 15 is 0 Å². The van der Waals surface area contributed by atoms with E-state index in [0.29, 0.717) is 6.54 Å². The summed E-state index contributed by atoms with van der Waals surface area (Å²) in [6, 6.07) is 5.93. The maximum atomic E-state index is 12.1. The molecule has 1 fully saturated rings. The van der Waals surface area contributed by atoms with E-state index in [1.165, 1.54) is 12.1 Å². The van der Waals surface area contributed by atoms with Crippen molar-refractivity contribution in [3.8, 4) is 0 Å². The number of thioether (sulfide) groups is 1. The topological polar surface area (TPSA) is 81.5 Å². The molecule has 0 bridgehead atoms. The van der Waals surface area contributed by atoms with Gasteiger partial charge in [0.1, 0.15) is 5.56 Å². The number of carbonyl (C=O) groups excluding carboxylic acids is 1. The highest BCUT2D eigenvalue weighted by Gasteiger charge is 2.35. The number of benzene rings is 1. The van der Waals surface area contributed by atoms with Crippen LogP contribution in [0.3, 0.4) is 0 Å². The lowest BCUT2D eigenvalue weighted by Gasteiger charge is -2.26. The van der Waals surface area contributed by atoms with Crippen LogP contribution in [0.5, 0.6) is 0 Å². The number of hydrogen-bond donors (Lipinski definition) is 1. The molecule has 1 aliphatic rings. The van der Waals surface area contributed by atoms with Crippen LogP contribution in [-0.4, -0.2) is 41.6 Å². The van der Waals surface area contributed by atoms with Crippen molar-refractivity contribution in [2.45, 2.75) is 12.0 Å². The number of carbonyl (C=O) groups is 1. The van der Waals surface area contributed by atoms with Gasteiger partial charge >= 0.3 is 0 Å². The number of amides is 1. The Morgan fingerprint density at radius 1 is 1.55 bits per heavy atom. The van der Waals surface area contributed by atoms with Crippen LogP contribution in [0.2, 0.25) is 0 Å². The first-order valence-corrected chi connectivity index (χ1v) is 7.38. The van der Waals surface area contributed by atoms with Crippen LogP contribution in [0.4, 0.5) is 5.69 Å². The van der Waals surface area contributed by atoms with Crippen molar-refractivity contribution in [1.29, 1.82) is 0 Å². The van der Waals surface area contributed by atoms with E-state index < -0.39 is 10.8 Å². The Morgan fingerprint density at radius 2 is 2.30 bits per heavy atom. The number of nitrogens with one attached hydrogen (secondary N) is 1. The van der Waals surface area contributed by atoms with Gasteiger partial charge in [-0.25, -0.2) is 0 Å². The SMILES string of the molecule is COC1(CNC(=O)c2ccccc2[N+](=O)[O-])CCSC1. The van der Waals surface area contributed by atoms with Crippen molar-refractivity contribution in [1.82, 2.24) is 5.32 Å². The molecule has 1 aliphatic heterocycles. The van der Waals surface area contributed by atoms with E-state index in [9.17, 15) is 14.9 Å². The summed E-state index contributed by atoms with van der Waals surface area (Å²) in [6.07, 6.45) is 0.866. The number of nitrogens with zero attached hydrogens (tertiary/aromatic N) is 1. The molecular weight excluding hydrogens is 280 g/mol. The fourth-order valence-electron chi connectivity index (χ4n) is 2.12. The molecule has 1 aromatic rings. The molecule has 20 heavy (non-hydrogen) atoms. The summed E-state index contributed by atoms with van der Waals surface area (Å²) < 4.78 is 5.49. The molecule has 0 aromatic heterocycles. The minimum Gasteiger partial charge on any atom is -0.376 e. The summed E-state index contributed by atoms with van der Waals surface area (Å²) in [5.74, 6) is 1.38. The zero-order valence-electron chi connectivity index (χ0n) is 11.1. The third kappa shape index (κ3) is 3.10. The van der Waals surface area contributed by atoms with Gasteiger partial charge in [0.05, 0.1) is 10.5 Å². The normalized spacial score (nSPS) is 21.6. The second kappa shape index (κ2) is 6.23. The van der Waals surface area contributed by atoms with Crippen molar-refractivity contribution in [2.75, 3.05) is 25.2 Å². The lowest BCUT2D eigenvalue weighted by Crippen LogP contribution is -2.44. The van der Waals surface area contributed by atoms with Crippen LogP contribution in [0, 0.1) is 10.1 Å². The van der Waals surface area contributed by atoms with Gasteiger partial charge in [0.15, 0.2) is 0 Å². The van der Waals surface area contributed by atoms with Crippen LogP contribution < -0.4 is 5.32 Å². The molecular formula is C13H16N2O4S. The van der Waals surface area contributed by atoms with Crippen LogP contribution in [0.25, 0.3) is 0 Å². The number of hydrogen-bond acceptors (Lipinski definition) is 5. The minimum absolute atomic E-state index is 0.0782. The average molecular weight is 296 g/mol. The number of nitro benzene ring substituents is 1. The van der Waals surface area contributed by atoms with Gasteiger partial charge < -0.3 is 10.1 Å². The Bertz CT molecular complexity index is 515. The molecule has 108 valence electrons. The van der Waals surface area contributed by atoms with E-state index in [-0.39, 0.29) is 16.9 Å². The monoisotopic (exact) mass is 296 g/mol. The maximum Gasteiger partial charge on any atom is 0.282 e. The zero-order valence-corrected chi connectivity index (χ0v) is 11.9. The fraction of sp³-hybridized carbons (Fsp3) is 0.462. The summed E-state index contributed by atoms with van der Waals surface area (Å²) in [5.41, 5.74) is -0.462. The van der Waals surface area contributed by atoms with E-state index in [1.807, 2.05) is 0 Å². The van der Waals surface area contributed by atoms with E-state index in [4.69, 9.17) is 4.74 Å². The predicted octanol–water partition coefficient (Wildman–Crippen LogP) is 1.85. The second-order valence-electron chi connectivity index (χ2n) is 4.65. The fourth-order valence-corrected chi connectivity index (χ4v) is 3.52. The van der Waals surface area contributed by atoms with Gasteiger partial charge in [-0.1, -0.05) is 12.1 Å². The highest BCUT2D eigenvalue weighted by atomic mass is 32.2. The first-order chi connectivity index (χ1) is 9.58. The lowest BCUT2D eigenvalue weighted by molar-refractivity contribution is -0.385. The quantitative estimate of drug-likeness (QED) is 0.662. The van der Waals surface area contributed by atoms with Crippen LogP contribution in [-0.2, 0) is 4.74 Å². The average Bonchev–Trinajstić information content (AvgIpc) is 2.94. The van der Waals surface area contributed by atoms with Gasteiger partial charge in [-0.15, -0.1) is 0 Å². The highest BCUT2D eigenvalue weighted by molar-refractivity contribution is 7.99. The van der Waals surface area contributed by atoms with E-state index in [0.717, 1.165) is 17.9 Å². The van der Waals surface area contributed by atoms with Crippen LogP contribution in [0.15, 0.2) is 24.3 Å². The van der Waals surface area contributed by atoms with E-state index in [2.05, 4.69) is 5.32 Å². The smallest absolute Gasteiger partial charge is 0.282 e. The number of para-hydroxylation sites is 1. The molecule has 1 atom stereocenters. The van der Waals surface area contributed by atoms with Crippen molar-refractivity contribution in [3.05, 3.63) is 39.9 Å². The number of ether oxygens (including phenoxy) is 1. The van der Waals surface area contributed by atoms with Gasteiger partial charge in [0, 0.05) is 25.5 Å². The first kappa shape index (κ1) is 14.8. The summed E-state index contributed by atoms with van der Waals surface area (Å²) >= 11 is 1.78. The predicted molar refractivity (Wildman–Crippen MR) is 77.1 cm³/mol. The summed E-state index contributed by atoms with van der Waals surface area (Å²) in [5, 5.41) is 13.6. The molecule has 1 unspecified atom stereocenters. The molecule has 0 aliphatic carbocycles. The molecule has 1 amide bonds. The van der Waals surface area contributed by atoms with Crippen molar-refractivity contribution in [2.24, 2.45) is 0 Å². The molecule has 2 rings (SSSR count). The number of nitro groups is 1. The molecule has 1 saturated heterocycles. The molecule has 1 N–H and O–H groups in total. The van der Waals surface area contributed by atoms with Crippen LogP contribution in [0.1, 0.15) is 16.8 Å². The summed E-state index contributed by atoms with van der Waals surface area (Å²) in [6.45, 7) is 0.362. The van der Waals surface area contributed by atoms with E-state index in [1.54, 1.807) is 31.0 Å². The molecule has 1 heterocycles. The molecule has 7 heteroatoms. The standard InChI is InChI=1S/C13H16N2O4S/c1-19-13(6-7-20-9-13)8-14-12(16)10-4-2-3-5-11(10)15(17)18/h2-5H,6-9H2,1H3,(H,14,16). The summed E-state index contributed by atoms with van der Waals surface area (Å²) in [7, 11) is 1.63. The van der Waals surface area contributed by atoms with Crippen molar-refractivity contribution in [3.63, 3.8) is 0 Å². The first-order valence-electron chi connectivity index (χ1n) is 6.22. The Kier molecular flexibility index (Phi) is 4.61. The van der Waals surface area contributed by atoms with Crippen molar-refractivity contribution < 1.29 is 14.5 Å². The minimum atomic E-state index is -0.549. The zero-order chi connectivity index (χ0) is 14.6. The second-order valence-corrected chi connectivity index (χ2v) is 5.75. The van der Waals surface area contributed by atoms with Crippen LogP contribution >= 0.6 is 11.8 Å². The Hall–Kier alpha value is -1.60. The third-order valence-electron chi connectivity index (χ3n) is 3.42.